The van der Waals surface area contributed by atoms with Crippen LogP contribution in [0.25, 0.3) is 0 Å². The number of hydrogen-bond acceptors (Lipinski definition) is 10. The van der Waals surface area contributed by atoms with E-state index in [2.05, 4.69) is 25.7 Å². The molecule has 1 amide bonds. The van der Waals surface area contributed by atoms with Crippen LogP contribution in [-0.2, 0) is 4.79 Å². The van der Waals surface area contributed by atoms with E-state index in [4.69, 9.17) is 40.5 Å². The predicted molar refractivity (Wildman–Crippen MR) is 116 cm³/mol. The lowest BCUT2D eigenvalue weighted by Gasteiger charge is -2.13. The van der Waals surface area contributed by atoms with Crippen LogP contribution >= 0.6 is 58.1 Å². The van der Waals surface area contributed by atoms with Gasteiger partial charge in [0.1, 0.15) is 4.21 Å². The summed E-state index contributed by atoms with van der Waals surface area (Å²) in [6, 6.07) is 2.99. The van der Waals surface area contributed by atoms with Crippen molar-refractivity contribution in [3.8, 4) is 0 Å². The Kier molecular flexibility index (Phi) is 6.61. The fraction of sp³-hybridized carbons (Fsp3) is 0.143. The summed E-state index contributed by atoms with van der Waals surface area (Å²) < 4.78 is 1.30. The van der Waals surface area contributed by atoms with Crippen molar-refractivity contribution in [1.29, 1.82) is 0 Å². The molecule has 3 rings (SSSR count). The number of carbonyl (C=O) groups excluding carboxylic acids is 1. The van der Waals surface area contributed by atoms with Crippen LogP contribution < -0.4 is 20.9 Å². The Morgan fingerprint density at radius 3 is 2.66 bits per heavy atom. The number of nitrogens with two attached hydrogens (primary N) is 1. The van der Waals surface area contributed by atoms with Crippen LogP contribution in [0.1, 0.15) is 12.6 Å². The van der Waals surface area contributed by atoms with Crippen LogP contribution in [-0.4, -0.2) is 31.0 Å². The van der Waals surface area contributed by atoms with Crippen LogP contribution in [0.15, 0.2) is 16.3 Å². The lowest BCUT2D eigenvalue weighted by molar-refractivity contribution is -0.114. The van der Waals surface area contributed by atoms with Gasteiger partial charge in [0, 0.05) is 6.92 Å². The molecule has 0 saturated carbocycles. The van der Waals surface area contributed by atoms with Gasteiger partial charge in [-0.05, 0) is 19.1 Å². The van der Waals surface area contributed by atoms with Gasteiger partial charge in [0.05, 0.1) is 38.4 Å². The van der Waals surface area contributed by atoms with Gasteiger partial charge in [-0.25, -0.2) is 4.98 Å². The molecule has 1 aromatic carbocycles. The molecule has 29 heavy (non-hydrogen) atoms. The van der Waals surface area contributed by atoms with E-state index in [1.165, 1.54) is 30.4 Å². The second-order valence-electron chi connectivity index (χ2n) is 5.47. The van der Waals surface area contributed by atoms with E-state index in [0.29, 0.717) is 40.4 Å². The number of amides is 1. The number of benzene rings is 1. The first-order valence-corrected chi connectivity index (χ1v) is 10.4. The zero-order chi connectivity index (χ0) is 21.3. The molecule has 0 atom stereocenters. The molecule has 2 heterocycles. The fourth-order valence-electron chi connectivity index (χ4n) is 2.02. The van der Waals surface area contributed by atoms with Gasteiger partial charge in [-0.2, -0.15) is 4.98 Å². The lowest BCUT2D eigenvalue weighted by atomic mass is 10.3. The van der Waals surface area contributed by atoms with Crippen molar-refractivity contribution < 1.29 is 10.0 Å². The maximum atomic E-state index is 11.2. The van der Waals surface area contributed by atoms with Crippen LogP contribution in [0.3, 0.4) is 0 Å². The Labute approximate surface area is 188 Å². The Hall–Kier alpha value is -1.96. The van der Waals surface area contributed by atoms with Gasteiger partial charge >= 0.3 is 0 Å². The molecule has 15 heteroatoms. The summed E-state index contributed by atoms with van der Waals surface area (Å²) in [6.45, 7) is 3.12. The molecule has 0 bridgehead atoms. The number of aromatic nitrogens is 4. The third-order valence-corrected chi connectivity index (χ3v) is 6.39. The van der Waals surface area contributed by atoms with Crippen LogP contribution in [0.5, 0.6) is 0 Å². The molecular weight excluding hydrogens is 483 g/mol. The molecule has 10 nitrogen and oxygen atoms in total. The van der Waals surface area contributed by atoms with Crippen molar-refractivity contribution >= 4 is 86.7 Å². The summed E-state index contributed by atoms with van der Waals surface area (Å²) in [5, 5.41) is 21.2. The molecule has 5 N–H and O–H groups in total. The van der Waals surface area contributed by atoms with Gasteiger partial charge in [-0.1, -0.05) is 46.1 Å². The Bertz CT molecular complexity index is 1070. The van der Waals surface area contributed by atoms with Crippen LogP contribution in [0.4, 0.5) is 22.7 Å². The van der Waals surface area contributed by atoms with Gasteiger partial charge in [0.15, 0.2) is 5.13 Å². The van der Waals surface area contributed by atoms with Crippen molar-refractivity contribution in [3.63, 3.8) is 0 Å². The minimum absolute atomic E-state index is 0.0717. The van der Waals surface area contributed by atoms with E-state index in [0.717, 1.165) is 16.7 Å². The van der Waals surface area contributed by atoms with E-state index in [1.54, 1.807) is 6.92 Å². The highest BCUT2D eigenvalue weighted by Gasteiger charge is 2.18. The zero-order valence-corrected chi connectivity index (χ0v) is 18.7. The monoisotopic (exact) mass is 494 g/mol. The average Bonchev–Trinajstić information content (AvgIpc) is 3.14. The Morgan fingerprint density at radius 2 is 1.97 bits per heavy atom. The number of thiazole rings is 1. The Morgan fingerprint density at radius 1 is 1.28 bits per heavy atom. The molecule has 2 aromatic heterocycles. The summed E-state index contributed by atoms with van der Waals surface area (Å²) in [4.78, 5) is 20.4. The molecule has 3 aromatic rings. The second kappa shape index (κ2) is 8.81. The molecule has 0 aliphatic rings. The van der Waals surface area contributed by atoms with Crippen LogP contribution in [0.2, 0.25) is 15.1 Å². The van der Waals surface area contributed by atoms with Gasteiger partial charge in [-0.15, -0.1) is 14.5 Å². The minimum atomic E-state index is -0.242. The topological polar surface area (TPSA) is 134 Å². The predicted octanol–water partition coefficient (Wildman–Crippen LogP) is 4.32. The van der Waals surface area contributed by atoms with E-state index >= 15 is 0 Å². The molecule has 0 spiro atoms. The highest BCUT2D eigenvalue weighted by Crippen LogP contribution is 2.35. The number of halogens is 3. The van der Waals surface area contributed by atoms with Gasteiger partial charge in [-0.3, -0.25) is 10.0 Å². The van der Waals surface area contributed by atoms with E-state index < -0.39 is 0 Å². The van der Waals surface area contributed by atoms with Crippen molar-refractivity contribution in [2.45, 2.75) is 18.1 Å². The summed E-state index contributed by atoms with van der Waals surface area (Å²) in [5.74, 6) is -0.265. The number of carbonyl (C=O) groups is 1. The van der Waals surface area contributed by atoms with Gasteiger partial charge < -0.3 is 16.4 Å². The SMILES string of the molecule is CC(=O)Nc1nc(C)c(SN(O)n2nc(Nc3cc(Cl)c(Cl)cc3Cl)nc2N)s1. The van der Waals surface area contributed by atoms with Crippen molar-refractivity contribution in [2.75, 3.05) is 20.9 Å². The quantitative estimate of drug-likeness (QED) is 0.224. The highest BCUT2D eigenvalue weighted by atomic mass is 35.5. The fourth-order valence-corrected chi connectivity index (χ4v) is 4.47. The van der Waals surface area contributed by atoms with E-state index in [1.807, 2.05) is 0 Å². The van der Waals surface area contributed by atoms with Gasteiger partial charge in [0.2, 0.25) is 11.9 Å². The number of nitrogens with one attached hydrogen (secondary N) is 2. The number of aryl methyl sites for hydroxylation is 1. The third kappa shape index (κ3) is 5.15. The first kappa shape index (κ1) is 21.7. The van der Waals surface area contributed by atoms with Crippen LogP contribution in [0, 0.1) is 6.92 Å². The molecule has 0 aliphatic heterocycles. The largest absolute Gasteiger partial charge is 0.366 e. The number of hydrogen-bond donors (Lipinski definition) is 4. The van der Waals surface area contributed by atoms with Gasteiger partial charge in [0.25, 0.3) is 5.95 Å². The second-order valence-corrected chi connectivity index (χ2v) is 8.87. The van der Waals surface area contributed by atoms with E-state index in [-0.39, 0.29) is 17.8 Å². The van der Waals surface area contributed by atoms with Crippen molar-refractivity contribution in [3.05, 3.63) is 32.9 Å². The third-order valence-electron chi connectivity index (χ3n) is 3.23. The molecule has 0 saturated heterocycles. The molecular formula is C14H13Cl3N8O2S2. The standard InChI is InChI=1S/C14H13Cl3N8O2S2/c1-5-11(28-14(19-5)20-6(2)26)29-25(27)24-12(18)22-13(23-24)21-10-4-8(16)7(15)3-9(10)17/h3-4,27H,1-2H3,(H,19,20,26)(H3,18,21,22,23). The molecule has 0 radical (unpaired) electrons. The maximum absolute atomic E-state index is 11.2. The zero-order valence-electron chi connectivity index (χ0n) is 14.8. The smallest absolute Gasteiger partial charge is 0.250 e. The first-order valence-electron chi connectivity index (χ1n) is 7.70. The number of rotatable bonds is 6. The lowest BCUT2D eigenvalue weighted by Crippen LogP contribution is -2.26. The normalized spacial score (nSPS) is 10.8. The highest BCUT2D eigenvalue weighted by molar-refractivity contribution is 8.02. The number of anilines is 4. The average molecular weight is 496 g/mol. The summed E-state index contributed by atoms with van der Waals surface area (Å²) >= 11 is 20.1. The summed E-state index contributed by atoms with van der Waals surface area (Å²) in [7, 11) is 0. The summed E-state index contributed by atoms with van der Waals surface area (Å²) in [6.07, 6.45) is 0. The minimum Gasteiger partial charge on any atom is -0.366 e. The molecule has 0 unspecified atom stereocenters. The van der Waals surface area contributed by atoms with E-state index in [9.17, 15) is 10.0 Å². The molecule has 0 aliphatic carbocycles. The molecule has 0 fully saturated rings. The molecule has 154 valence electrons. The number of nitrogens with zero attached hydrogens (tertiary/aromatic N) is 5. The van der Waals surface area contributed by atoms with Crippen molar-refractivity contribution in [2.24, 2.45) is 0 Å². The van der Waals surface area contributed by atoms with Crippen molar-refractivity contribution in [1.82, 2.24) is 19.9 Å². The summed E-state index contributed by atoms with van der Waals surface area (Å²) in [5.41, 5.74) is 6.86. The maximum Gasteiger partial charge on any atom is 0.250 e. The Balaban J connectivity index is 1.77. The first-order chi connectivity index (χ1) is 13.6. The number of nitrogen functional groups attached to an aromatic ring is 1.